The van der Waals surface area contributed by atoms with Crippen molar-refractivity contribution in [2.75, 3.05) is 31.1 Å². The van der Waals surface area contributed by atoms with Gasteiger partial charge in [-0.1, -0.05) is 26.0 Å². The number of rotatable bonds is 4. The van der Waals surface area contributed by atoms with E-state index in [2.05, 4.69) is 63.9 Å². The third kappa shape index (κ3) is 3.05. The van der Waals surface area contributed by atoms with Crippen LogP contribution in [-0.4, -0.2) is 46.4 Å². The number of piperazine rings is 1. The van der Waals surface area contributed by atoms with Crippen molar-refractivity contribution in [3.8, 4) is 11.4 Å². The molecule has 0 aliphatic carbocycles. The fourth-order valence-electron chi connectivity index (χ4n) is 2.71. The number of benzene rings is 1. The third-order valence-corrected chi connectivity index (χ3v) is 3.67. The van der Waals surface area contributed by atoms with E-state index in [1.165, 1.54) is 5.69 Å². The number of tetrazole rings is 1. The van der Waals surface area contributed by atoms with Crippen LogP contribution in [0.3, 0.4) is 0 Å². The SMILES string of the molecule is CC(C)Cn1nnnc1-c1ccccc1N1CCNCC1. The average Bonchev–Trinajstić information content (AvgIpc) is 2.95. The van der Waals surface area contributed by atoms with Gasteiger partial charge in [0, 0.05) is 44.0 Å². The topological polar surface area (TPSA) is 58.9 Å². The van der Waals surface area contributed by atoms with Crippen LogP contribution in [0.1, 0.15) is 13.8 Å². The van der Waals surface area contributed by atoms with Crippen molar-refractivity contribution < 1.29 is 0 Å². The molecule has 0 amide bonds. The molecule has 0 atom stereocenters. The maximum Gasteiger partial charge on any atom is 0.184 e. The zero-order chi connectivity index (χ0) is 14.7. The third-order valence-electron chi connectivity index (χ3n) is 3.67. The van der Waals surface area contributed by atoms with Crippen molar-refractivity contribution >= 4 is 5.69 Å². The molecule has 1 saturated heterocycles. The molecule has 1 aromatic heterocycles. The highest BCUT2D eigenvalue weighted by Gasteiger charge is 2.18. The summed E-state index contributed by atoms with van der Waals surface area (Å²) in [5, 5.41) is 15.7. The van der Waals surface area contributed by atoms with E-state index in [-0.39, 0.29) is 0 Å². The molecule has 0 unspecified atom stereocenters. The van der Waals surface area contributed by atoms with Gasteiger partial charge in [0.05, 0.1) is 0 Å². The monoisotopic (exact) mass is 286 g/mol. The average molecular weight is 286 g/mol. The zero-order valence-electron chi connectivity index (χ0n) is 12.7. The van der Waals surface area contributed by atoms with Gasteiger partial charge in [-0.25, -0.2) is 4.68 Å². The van der Waals surface area contributed by atoms with E-state index in [1.54, 1.807) is 0 Å². The minimum absolute atomic E-state index is 0.513. The van der Waals surface area contributed by atoms with E-state index < -0.39 is 0 Å². The Hall–Kier alpha value is -1.95. The van der Waals surface area contributed by atoms with E-state index in [1.807, 2.05) is 4.68 Å². The number of hydrogen-bond donors (Lipinski definition) is 1. The quantitative estimate of drug-likeness (QED) is 0.921. The molecule has 1 aromatic carbocycles. The molecule has 21 heavy (non-hydrogen) atoms. The van der Waals surface area contributed by atoms with Gasteiger partial charge >= 0.3 is 0 Å². The molecular weight excluding hydrogens is 264 g/mol. The summed E-state index contributed by atoms with van der Waals surface area (Å²) in [7, 11) is 0. The molecule has 3 rings (SSSR count). The summed E-state index contributed by atoms with van der Waals surface area (Å²) >= 11 is 0. The Kier molecular flexibility index (Phi) is 4.15. The van der Waals surface area contributed by atoms with Crippen LogP contribution in [0.25, 0.3) is 11.4 Å². The Morgan fingerprint density at radius 3 is 2.71 bits per heavy atom. The fraction of sp³-hybridized carbons (Fsp3) is 0.533. The van der Waals surface area contributed by atoms with Crippen LogP contribution < -0.4 is 10.2 Å². The summed E-state index contributed by atoms with van der Waals surface area (Å²) in [4.78, 5) is 2.40. The van der Waals surface area contributed by atoms with E-state index in [4.69, 9.17) is 0 Å². The molecule has 0 bridgehead atoms. The molecule has 2 heterocycles. The largest absolute Gasteiger partial charge is 0.368 e. The summed E-state index contributed by atoms with van der Waals surface area (Å²) in [5.41, 5.74) is 2.34. The predicted octanol–water partition coefficient (Wildman–Crippen LogP) is 1.41. The van der Waals surface area contributed by atoms with Crippen molar-refractivity contribution in [1.29, 1.82) is 0 Å². The Morgan fingerprint density at radius 1 is 1.19 bits per heavy atom. The van der Waals surface area contributed by atoms with E-state index in [0.29, 0.717) is 5.92 Å². The first-order chi connectivity index (χ1) is 10.3. The number of nitrogens with zero attached hydrogens (tertiary/aromatic N) is 5. The molecule has 1 aliphatic heterocycles. The van der Waals surface area contributed by atoms with Gasteiger partial charge in [0.15, 0.2) is 5.82 Å². The minimum atomic E-state index is 0.513. The first-order valence-electron chi connectivity index (χ1n) is 7.57. The highest BCUT2D eigenvalue weighted by molar-refractivity contribution is 5.74. The summed E-state index contributed by atoms with van der Waals surface area (Å²) in [6.45, 7) is 9.25. The molecule has 6 nitrogen and oxygen atoms in total. The molecule has 1 aliphatic rings. The smallest absolute Gasteiger partial charge is 0.184 e. The van der Waals surface area contributed by atoms with Gasteiger partial charge < -0.3 is 10.2 Å². The number of para-hydroxylation sites is 1. The fourth-order valence-corrected chi connectivity index (χ4v) is 2.71. The highest BCUT2D eigenvalue weighted by atomic mass is 15.5. The van der Waals surface area contributed by atoms with Gasteiger partial charge in [0.2, 0.25) is 0 Å². The molecule has 6 heteroatoms. The summed E-state index contributed by atoms with van der Waals surface area (Å²) < 4.78 is 1.91. The lowest BCUT2D eigenvalue weighted by Gasteiger charge is -2.30. The Bertz CT molecular complexity index is 585. The van der Waals surface area contributed by atoms with Crippen molar-refractivity contribution in [2.24, 2.45) is 5.92 Å². The minimum Gasteiger partial charge on any atom is -0.368 e. The predicted molar refractivity (Wildman–Crippen MR) is 83.2 cm³/mol. The summed E-state index contributed by atoms with van der Waals surface area (Å²) in [6.07, 6.45) is 0. The molecule has 0 radical (unpaired) electrons. The van der Waals surface area contributed by atoms with Crippen LogP contribution in [0.2, 0.25) is 0 Å². The second kappa shape index (κ2) is 6.22. The van der Waals surface area contributed by atoms with Crippen LogP contribution in [0, 0.1) is 5.92 Å². The normalized spacial score (nSPS) is 15.7. The van der Waals surface area contributed by atoms with Gasteiger partial charge in [-0.2, -0.15) is 0 Å². The Balaban J connectivity index is 1.97. The van der Waals surface area contributed by atoms with Crippen LogP contribution in [0.15, 0.2) is 24.3 Å². The van der Waals surface area contributed by atoms with Crippen LogP contribution in [0.4, 0.5) is 5.69 Å². The van der Waals surface area contributed by atoms with Crippen molar-refractivity contribution in [3.63, 3.8) is 0 Å². The molecule has 112 valence electrons. The molecular formula is C15H22N6. The standard InChI is InChI=1S/C15H22N6/c1-12(2)11-21-15(17-18-19-21)13-5-3-4-6-14(13)20-9-7-16-8-10-20/h3-6,12,16H,7-11H2,1-2H3. The Labute approximate surface area is 125 Å². The Morgan fingerprint density at radius 2 is 1.95 bits per heavy atom. The molecule has 1 N–H and O–H groups in total. The highest BCUT2D eigenvalue weighted by Crippen LogP contribution is 2.29. The van der Waals surface area contributed by atoms with E-state index in [9.17, 15) is 0 Å². The van der Waals surface area contributed by atoms with Crippen molar-refractivity contribution in [2.45, 2.75) is 20.4 Å². The van der Waals surface area contributed by atoms with Crippen LogP contribution >= 0.6 is 0 Å². The molecule has 2 aromatic rings. The second-order valence-electron chi connectivity index (χ2n) is 5.83. The van der Waals surface area contributed by atoms with E-state index in [0.717, 1.165) is 44.1 Å². The number of hydrogen-bond acceptors (Lipinski definition) is 5. The van der Waals surface area contributed by atoms with Gasteiger partial charge in [0.1, 0.15) is 0 Å². The number of anilines is 1. The molecule has 1 fully saturated rings. The van der Waals surface area contributed by atoms with Crippen molar-refractivity contribution in [1.82, 2.24) is 25.5 Å². The van der Waals surface area contributed by atoms with Gasteiger partial charge in [0.25, 0.3) is 0 Å². The summed E-state index contributed by atoms with van der Waals surface area (Å²) in [5.74, 6) is 1.37. The zero-order valence-corrected chi connectivity index (χ0v) is 12.7. The first kappa shape index (κ1) is 14.0. The lowest BCUT2D eigenvalue weighted by atomic mass is 10.1. The maximum atomic E-state index is 4.25. The number of aromatic nitrogens is 4. The van der Waals surface area contributed by atoms with Crippen LogP contribution in [0.5, 0.6) is 0 Å². The lowest BCUT2D eigenvalue weighted by molar-refractivity contribution is 0.475. The lowest BCUT2D eigenvalue weighted by Crippen LogP contribution is -2.43. The van der Waals surface area contributed by atoms with Crippen molar-refractivity contribution in [3.05, 3.63) is 24.3 Å². The van der Waals surface area contributed by atoms with E-state index >= 15 is 0 Å². The first-order valence-corrected chi connectivity index (χ1v) is 7.57. The van der Waals surface area contributed by atoms with Gasteiger partial charge in [-0.3, -0.25) is 0 Å². The second-order valence-corrected chi connectivity index (χ2v) is 5.83. The molecule has 0 spiro atoms. The van der Waals surface area contributed by atoms with Gasteiger partial charge in [-0.05, 0) is 28.5 Å². The van der Waals surface area contributed by atoms with Gasteiger partial charge in [-0.15, -0.1) is 5.10 Å². The maximum absolute atomic E-state index is 4.25. The van der Waals surface area contributed by atoms with Crippen LogP contribution in [-0.2, 0) is 6.54 Å². The molecule has 0 saturated carbocycles. The summed E-state index contributed by atoms with van der Waals surface area (Å²) in [6, 6.07) is 8.40. The number of nitrogens with one attached hydrogen (secondary N) is 1.